The van der Waals surface area contributed by atoms with E-state index in [0.29, 0.717) is 5.92 Å². The van der Waals surface area contributed by atoms with Gasteiger partial charge in [-0.25, -0.2) is 4.98 Å². The van der Waals surface area contributed by atoms with Gasteiger partial charge in [-0.2, -0.15) is 0 Å². The highest BCUT2D eigenvalue weighted by Crippen LogP contribution is 2.18. The molecular weight excluding hydrogens is 276 g/mol. The van der Waals surface area contributed by atoms with Gasteiger partial charge in [-0.3, -0.25) is 9.69 Å². The van der Waals surface area contributed by atoms with Crippen molar-refractivity contribution in [2.45, 2.75) is 13.0 Å². The van der Waals surface area contributed by atoms with Crippen molar-refractivity contribution in [2.24, 2.45) is 13.0 Å². The number of anilines is 1. The Morgan fingerprint density at radius 2 is 2.27 bits per heavy atom. The Kier molecular flexibility index (Phi) is 4.53. The fraction of sp³-hybridized carbons (Fsp3) is 0.412. The second-order valence-electron chi connectivity index (χ2n) is 5.97. The topological polar surface area (TPSA) is 50.2 Å². The van der Waals surface area contributed by atoms with Crippen LogP contribution in [0.3, 0.4) is 0 Å². The number of rotatable bonds is 5. The Labute approximate surface area is 130 Å². The number of hydrogen-bond acceptors (Lipinski definition) is 4. The fourth-order valence-corrected chi connectivity index (χ4v) is 2.89. The first-order valence-corrected chi connectivity index (χ1v) is 7.73. The van der Waals surface area contributed by atoms with Gasteiger partial charge in [-0.15, -0.1) is 0 Å². The molecule has 1 unspecified atom stereocenters. The van der Waals surface area contributed by atoms with Crippen molar-refractivity contribution >= 4 is 5.82 Å². The molecule has 1 fully saturated rings. The maximum atomic E-state index is 11.7. The zero-order chi connectivity index (χ0) is 15.4. The summed E-state index contributed by atoms with van der Waals surface area (Å²) in [7, 11) is 1.78. The Balaban J connectivity index is 1.49. The third-order valence-electron chi connectivity index (χ3n) is 4.18. The van der Waals surface area contributed by atoms with Crippen LogP contribution in [0, 0.1) is 5.92 Å². The number of pyridine rings is 2. The minimum atomic E-state index is 0.0602. The highest BCUT2D eigenvalue weighted by atomic mass is 16.1. The summed E-state index contributed by atoms with van der Waals surface area (Å²) in [6.07, 6.45) is 4.83. The van der Waals surface area contributed by atoms with Gasteiger partial charge in [0.2, 0.25) is 0 Å². The molecule has 3 rings (SSSR count). The van der Waals surface area contributed by atoms with Gasteiger partial charge in [0.1, 0.15) is 5.82 Å². The number of aromatic nitrogens is 2. The zero-order valence-corrected chi connectivity index (χ0v) is 12.9. The van der Waals surface area contributed by atoms with Gasteiger partial charge in [0.25, 0.3) is 5.56 Å². The lowest BCUT2D eigenvalue weighted by molar-refractivity contribution is 0.318. The molecule has 2 aromatic rings. The van der Waals surface area contributed by atoms with Gasteiger partial charge < -0.3 is 9.88 Å². The Hall–Kier alpha value is -2.14. The molecule has 0 aliphatic carbocycles. The molecule has 0 spiro atoms. The van der Waals surface area contributed by atoms with Crippen molar-refractivity contribution in [1.82, 2.24) is 14.5 Å². The zero-order valence-electron chi connectivity index (χ0n) is 12.9. The average Bonchev–Trinajstić information content (AvgIpc) is 2.97. The number of nitrogens with zero attached hydrogens (tertiary/aromatic N) is 3. The summed E-state index contributed by atoms with van der Waals surface area (Å²) in [5.41, 5.74) is 1.16. The van der Waals surface area contributed by atoms with Crippen molar-refractivity contribution in [3.05, 3.63) is 58.6 Å². The van der Waals surface area contributed by atoms with Crippen molar-refractivity contribution in [2.75, 3.05) is 25.0 Å². The van der Waals surface area contributed by atoms with Crippen LogP contribution in [-0.2, 0) is 13.6 Å². The monoisotopic (exact) mass is 298 g/mol. The molecule has 5 heteroatoms. The predicted octanol–water partition coefficient (Wildman–Crippen LogP) is 1.71. The lowest BCUT2D eigenvalue weighted by Gasteiger charge is -2.16. The van der Waals surface area contributed by atoms with E-state index in [1.807, 2.05) is 30.5 Å². The van der Waals surface area contributed by atoms with E-state index in [1.165, 1.54) is 6.42 Å². The van der Waals surface area contributed by atoms with Crippen LogP contribution in [0.5, 0.6) is 0 Å². The molecule has 1 aliphatic rings. The maximum absolute atomic E-state index is 11.7. The molecule has 116 valence electrons. The molecule has 1 aliphatic heterocycles. The van der Waals surface area contributed by atoms with Crippen LogP contribution in [-0.4, -0.2) is 34.1 Å². The van der Waals surface area contributed by atoms with Crippen molar-refractivity contribution in [3.63, 3.8) is 0 Å². The highest BCUT2D eigenvalue weighted by Gasteiger charge is 2.22. The molecule has 1 atom stereocenters. The molecule has 22 heavy (non-hydrogen) atoms. The normalized spacial score (nSPS) is 18.5. The van der Waals surface area contributed by atoms with E-state index in [1.54, 1.807) is 23.9 Å². The molecule has 5 nitrogen and oxygen atoms in total. The van der Waals surface area contributed by atoms with Gasteiger partial charge in [0, 0.05) is 45.1 Å². The van der Waals surface area contributed by atoms with E-state index < -0.39 is 0 Å². The van der Waals surface area contributed by atoms with E-state index >= 15 is 0 Å². The SMILES string of the molecule is Cn1ccc(CN2CCC(CNc3ccccn3)C2)cc1=O. The molecule has 0 aromatic carbocycles. The Morgan fingerprint density at radius 1 is 1.36 bits per heavy atom. The van der Waals surface area contributed by atoms with E-state index in [-0.39, 0.29) is 5.56 Å². The number of aryl methyl sites for hydroxylation is 1. The molecule has 0 radical (unpaired) electrons. The van der Waals surface area contributed by atoms with Crippen molar-refractivity contribution in [1.29, 1.82) is 0 Å². The first-order chi connectivity index (χ1) is 10.7. The number of nitrogens with one attached hydrogen (secondary N) is 1. The van der Waals surface area contributed by atoms with Crippen molar-refractivity contribution < 1.29 is 0 Å². The minimum Gasteiger partial charge on any atom is -0.370 e. The second kappa shape index (κ2) is 6.75. The highest BCUT2D eigenvalue weighted by molar-refractivity contribution is 5.33. The lowest BCUT2D eigenvalue weighted by atomic mass is 10.1. The minimum absolute atomic E-state index is 0.0602. The first-order valence-electron chi connectivity index (χ1n) is 7.73. The van der Waals surface area contributed by atoms with E-state index in [2.05, 4.69) is 15.2 Å². The van der Waals surface area contributed by atoms with Crippen LogP contribution in [0.1, 0.15) is 12.0 Å². The summed E-state index contributed by atoms with van der Waals surface area (Å²) in [4.78, 5) is 18.4. The fourth-order valence-electron chi connectivity index (χ4n) is 2.89. The Bertz CT molecular complexity index is 668. The predicted molar refractivity (Wildman–Crippen MR) is 87.8 cm³/mol. The summed E-state index contributed by atoms with van der Waals surface area (Å²) in [6, 6.07) is 9.67. The first kappa shape index (κ1) is 14.8. The van der Waals surface area contributed by atoms with Crippen LogP contribution in [0.25, 0.3) is 0 Å². The quantitative estimate of drug-likeness (QED) is 0.913. The largest absolute Gasteiger partial charge is 0.370 e. The average molecular weight is 298 g/mol. The van der Waals surface area contributed by atoms with Crippen LogP contribution in [0.4, 0.5) is 5.82 Å². The molecule has 2 aromatic heterocycles. The standard InChI is InChI=1S/C17H22N4O/c1-20-8-5-14(10-17(20)22)12-21-9-6-15(13-21)11-19-16-4-2-3-7-18-16/h2-5,7-8,10,15H,6,9,11-13H2,1H3,(H,18,19). The van der Waals surface area contributed by atoms with E-state index in [9.17, 15) is 4.79 Å². The van der Waals surface area contributed by atoms with Gasteiger partial charge in [0.15, 0.2) is 0 Å². The molecule has 0 bridgehead atoms. The van der Waals surface area contributed by atoms with Gasteiger partial charge in [0.05, 0.1) is 0 Å². The number of hydrogen-bond donors (Lipinski definition) is 1. The number of likely N-dealkylation sites (tertiary alicyclic amines) is 1. The summed E-state index contributed by atoms with van der Waals surface area (Å²) >= 11 is 0. The summed E-state index contributed by atoms with van der Waals surface area (Å²) in [6.45, 7) is 3.96. The molecule has 1 N–H and O–H groups in total. The summed E-state index contributed by atoms with van der Waals surface area (Å²) in [5, 5.41) is 3.40. The van der Waals surface area contributed by atoms with Crippen LogP contribution < -0.4 is 10.9 Å². The van der Waals surface area contributed by atoms with Crippen LogP contribution in [0.2, 0.25) is 0 Å². The lowest BCUT2D eigenvalue weighted by Crippen LogP contribution is -2.24. The van der Waals surface area contributed by atoms with Crippen LogP contribution in [0.15, 0.2) is 47.5 Å². The second-order valence-corrected chi connectivity index (χ2v) is 5.97. The van der Waals surface area contributed by atoms with E-state index in [0.717, 1.165) is 37.6 Å². The molecule has 0 saturated carbocycles. The van der Waals surface area contributed by atoms with E-state index in [4.69, 9.17) is 0 Å². The molecule has 1 saturated heterocycles. The molecular formula is C17H22N4O. The van der Waals surface area contributed by atoms with Crippen molar-refractivity contribution in [3.8, 4) is 0 Å². The summed E-state index contributed by atoms with van der Waals surface area (Å²) < 4.78 is 1.60. The molecule has 0 amide bonds. The van der Waals surface area contributed by atoms with Gasteiger partial charge >= 0.3 is 0 Å². The summed E-state index contributed by atoms with van der Waals surface area (Å²) in [5.74, 6) is 1.57. The van der Waals surface area contributed by atoms with Gasteiger partial charge in [-0.05, 0) is 42.6 Å². The van der Waals surface area contributed by atoms with Crippen LogP contribution >= 0.6 is 0 Å². The van der Waals surface area contributed by atoms with Gasteiger partial charge in [-0.1, -0.05) is 6.07 Å². The third kappa shape index (κ3) is 3.74. The third-order valence-corrected chi connectivity index (χ3v) is 4.18. The molecule has 3 heterocycles. The Morgan fingerprint density at radius 3 is 3.05 bits per heavy atom. The smallest absolute Gasteiger partial charge is 0.250 e. The maximum Gasteiger partial charge on any atom is 0.250 e.